The summed E-state index contributed by atoms with van der Waals surface area (Å²) in [6, 6.07) is 0. The molecule has 0 saturated carbocycles. The first kappa shape index (κ1) is 7.03. The van der Waals surface area contributed by atoms with Crippen molar-refractivity contribution in [2.45, 2.75) is 26.2 Å². The Morgan fingerprint density at radius 2 is 2.22 bits per heavy atom. The Balaban J connectivity index is 2.29. The molecule has 1 aliphatic rings. The van der Waals surface area contributed by atoms with Crippen LogP contribution in [0.1, 0.15) is 26.2 Å². The van der Waals surface area contributed by atoms with Crippen molar-refractivity contribution in [2.24, 2.45) is 11.8 Å². The van der Waals surface area contributed by atoms with Crippen molar-refractivity contribution in [3.8, 4) is 0 Å². The number of rotatable bonds is 0. The van der Waals surface area contributed by atoms with Gasteiger partial charge in [-0.2, -0.15) is 0 Å². The quantitative estimate of drug-likeness (QED) is 0.493. The Morgan fingerprint density at radius 3 is 3.00 bits per heavy atom. The van der Waals surface area contributed by atoms with E-state index in [0.717, 1.165) is 19.0 Å². The smallest absolute Gasteiger partial charge is 0.0154 e. The molecule has 0 aromatic carbocycles. The molecular formula is C7H16N2. The van der Waals surface area contributed by atoms with Gasteiger partial charge in [-0.3, -0.25) is 5.84 Å². The van der Waals surface area contributed by atoms with Gasteiger partial charge in [0.15, 0.2) is 0 Å². The summed E-state index contributed by atoms with van der Waals surface area (Å²) in [5, 5.41) is 1.94. The van der Waals surface area contributed by atoms with E-state index in [9.17, 15) is 0 Å². The fourth-order valence-electron chi connectivity index (χ4n) is 1.39. The lowest BCUT2D eigenvalue weighted by molar-refractivity contribution is 0.264. The van der Waals surface area contributed by atoms with Crippen LogP contribution in [0, 0.1) is 5.92 Å². The van der Waals surface area contributed by atoms with Crippen molar-refractivity contribution < 1.29 is 0 Å². The number of nitrogens with zero attached hydrogens (tertiary/aromatic N) is 1. The summed E-state index contributed by atoms with van der Waals surface area (Å²) >= 11 is 0. The lowest BCUT2D eigenvalue weighted by atomic mass is 10.1. The first-order valence-corrected chi connectivity index (χ1v) is 3.78. The molecule has 0 spiro atoms. The van der Waals surface area contributed by atoms with E-state index in [1.165, 1.54) is 19.3 Å². The molecule has 1 saturated heterocycles. The minimum Gasteiger partial charge on any atom is -0.269 e. The zero-order valence-electron chi connectivity index (χ0n) is 6.14. The summed E-state index contributed by atoms with van der Waals surface area (Å²) in [6.07, 6.45) is 3.99. The first-order valence-electron chi connectivity index (χ1n) is 3.78. The van der Waals surface area contributed by atoms with Gasteiger partial charge in [0.05, 0.1) is 0 Å². The van der Waals surface area contributed by atoms with Gasteiger partial charge in [0, 0.05) is 13.1 Å². The summed E-state index contributed by atoms with van der Waals surface area (Å²) < 4.78 is 0. The van der Waals surface area contributed by atoms with Crippen molar-refractivity contribution in [1.29, 1.82) is 0 Å². The van der Waals surface area contributed by atoms with Crippen LogP contribution in [0.2, 0.25) is 0 Å². The highest BCUT2D eigenvalue weighted by molar-refractivity contribution is 4.63. The monoisotopic (exact) mass is 128 g/mol. The molecule has 0 unspecified atom stereocenters. The predicted octanol–water partition coefficient (Wildman–Crippen LogP) is 0.982. The van der Waals surface area contributed by atoms with Crippen molar-refractivity contribution in [3.05, 3.63) is 0 Å². The molecule has 2 N–H and O–H groups in total. The van der Waals surface area contributed by atoms with Crippen LogP contribution in [0.15, 0.2) is 0 Å². The van der Waals surface area contributed by atoms with Crippen LogP contribution < -0.4 is 5.84 Å². The van der Waals surface area contributed by atoms with Crippen LogP contribution in [0.25, 0.3) is 0 Å². The van der Waals surface area contributed by atoms with E-state index in [1.54, 1.807) is 0 Å². The molecule has 0 aliphatic carbocycles. The molecule has 9 heavy (non-hydrogen) atoms. The maximum absolute atomic E-state index is 5.66. The Labute approximate surface area is 57.0 Å². The van der Waals surface area contributed by atoms with E-state index < -0.39 is 0 Å². The van der Waals surface area contributed by atoms with Crippen LogP contribution in [-0.2, 0) is 0 Å². The summed E-state index contributed by atoms with van der Waals surface area (Å²) in [4.78, 5) is 0. The fraction of sp³-hybridized carbons (Fsp3) is 1.00. The lowest BCUT2D eigenvalue weighted by Crippen LogP contribution is -2.33. The third-order valence-electron chi connectivity index (χ3n) is 1.94. The van der Waals surface area contributed by atoms with Gasteiger partial charge < -0.3 is 0 Å². The molecule has 1 fully saturated rings. The van der Waals surface area contributed by atoms with Gasteiger partial charge in [0.1, 0.15) is 0 Å². The Hall–Kier alpha value is -0.0800. The molecule has 1 atom stereocenters. The molecule has 0 radical (unpaired) electrons. The van der Waals surface area contributed by atoms with Crippen LogP contribution in [0.5, 0.6) is 0 Å². The van der Waals surface area contributed by atoms with Gasteiger partial charge in [-0.25, -0.2) is 5.01 Å². The second-order valence-corrected chi connectivity index (χ2v) is 3.10. The molecule has 1 aliphatic heterocycles. The highest BCUT2D eigenvalue weighted by atomic mass is 15.4. The Bertz CT molecular complexity index is 73.0. The van der Waals surface area contributed by atoms with Crippen LogP contribution in [-0.4, -0.2) is 18.1 Å². The molecule has 0 bridgehead atoms. The molecule has 2 heteroatoms. The largest absolute Gasteiger partial charge is 0.269 e. The standard InChI is InChI=1S/C7H16N2/c1-7-4-2-3-5-9(8)6-7/h7H,2-6,8H2,1H3/t7-/m1/s1. The molecule has 1 rings (SSSR count). The highest BCUT2D eigenvalue weighted by Gasteiger charge is 2.10. The molecular weight excluding hydrogens is 112 g/mol. The van der Waals surface area contributed by atoms with Crippen molar-refractivity contribution in [1.82, 2.24) is 5.01 Å². The summed E-state index contributed by atoms with van der Waals surface area (Å²) in [5.74, 6) is 6.46. The maximum atomic E-state index is 5.66. The molecule has 0 aromatic rings. The third-order valence-corrected chi connectivity index (χ3v) is 1.94. The predicted molar refractivity (Wildman–Crippen MR) is 38.8 cm³/mol. The molecule has 0 aromatic heterocycles. The summed E-state index contributed by atoms with van der Waals surface area (Å²) in [7, 11) is 0. The van der Waals surface area contributed by atoms with Crippen LogP contribution in [0.4, 0.5) is 0 Å². The van der Waals surface area contributed by atoms with Gasteiger partial charge in [0.25, 0.3) is 0 Å². The summed E-state index contributed by atoms with van der Waals surface area (Å²) in [5.41, 5.74) is 0. The fourth-order valence-corrected chi connectivity index (χ4v) is 1.39. The van der Waals surface area contributed by atoms with E-state index >= 15 is 0 Å². The number of hydrogen-bond donors (Lipinski definition) is 1. The normalized spacial score (nSPS) is 32.0. The third kappa shape index (κ3) is 2.33. The van der Waals surface area contributed by atoms with Gasteiger partial charge in [0.2, 0.25) is 0 Å². The molecule has 54 valence electrons. The van der Waals surface area contributed by atoms with Crippen LogP contribution in [0.3, 0.4) is 0 Å². The van der Waals surface area contributed by atoms with Crippen LogP contribution >= 0.6 is 0 Å². The number of hydrogen-bond acceptors (Lipinski definition) is 2. The van der Waals surface area contributed by atoms with Crippen molar-refractivity contribution in [2.75, 3.05) is 13.1 Å². The van der Waals surface area contributed by atoms with Gasteiger partial charge in [-0.1, -0.05) is 13.3 Å². The second-order valence-electron chi connectivity index (χ2n) is 3.10. The van der Waals surface area contributed by atoms with E-state index in [4.69, 9.17) is 5.84 Å². The summed E-state index contributed by atoms with van der Waals surface area (Å²) in [6.45, 7) is 4.44. The zero-order valence-corrected chi connectivity index (χ0v) is 6.14. The van der Waals surface area contributed by atoms with Crippen molar-refractivity contribution in [3.63, 3.8) is 0 Å². The van der Waals surface area contributed by atoms with E-state index in [0.29, 0.717) is 0 Å². The average Bonchev–Trinajstić information content (AvgIpc) is 1.93. The topological polar surface area (TPSA) is 29.3 Å². The van der Waals surface area contributed by atoms with E-state index in [-0.39, 0.29) is 0 Å². The maximum Gasteiger partial charge on any atom is 0.0154 e. The Kier molecular flexibility index (Phi) is 2.49. The van der Waals surface area contributed by atoms with E-state index in [1.807, 2.05) is 5.01 Å². The van der Waals surface area contributed by atoms with Gasteiger partial charge >= 0.3 is 0 Å². The molecule has 0 amide bonds. The molecule has 1 heterocycles. The minimum absolute atomic E-state index is 0.803. The number of hydrazine groups is 1. The van der Waals surface area contributed by atoms with Crippen molar-refractivity contribution >= 4 is 0 Å². The van der Waals surface area contributed by atoms with Gasteiger partial charge in [-0.15, -0.1) is 0 Å². The molecule has 2 nitrogen and oxygen atoms in total. The SMILES string of the molecule is C[C@@H]1CCCCN(N)C1. The zero-order chi connectivity index (χ0) is 6.69. The Morgan fingerprint density at radius 1 is 1.44 bits per heavy atom. The average molecular weight is 128 g/mol. The first-order chi connectivity index (χ1) is 4.29. The second kappa shape index (κ2) is 3.18. The highest BCUT2D eigenvalue weighted by Crippen LogP contribution is 2.12. The van der Waals surface area contributed by atoms with E-state index in [2.05, 4.69) is 6.92 Å². The lowest BCUT2D eigenvalue weighted by Gasteiger charge is -2.14. The minimum atomic E-state index is 0.803. The number of nitrogens with two attached hydrogens (primary N) is 1. The van der Waals surface area contributed by atoms with Gasteiger partial charge in [-0.05, 0) is 18.8 Å².